The second-order valence-corrected chi connectivity index (χ2v) is 6.55. The first kappa shape index (κ1) is 18.9. The van der Waals surface area contributed by atoms with Gasteiger partial charge in [-0.15, -0.1) is 0 Å². The molecule has 6 heteroatoms. The third-order valence-corrected chi connectivity index (χ3v) is 4.60. The summed E-state index contributed by atoms with van der Waals surface area (Å²) in [4.78, 5) is 12.4. The predicted molar refractivity (Wildman–Crippen MR) is 98.7 cm³/mol. The third kappa shape index (κ3) is 3.95. The molecule has 0 aliphatic carbocycles. The average molecular weight is 373 g/mol. The van der Waals surface area contributed by atoms with Crippen LogP contribution in [0.4, 0.5) is 18.9 Å². The maximum absolute atomic E-state index is 13.7. The van der Waals surface area contributed by atoms with E-state index in [1.807, 2.05) is 54.7 Å². The standard InChI is InChI=1S/C21H19F3N2O/c1-12(15-9-5-7-14-6-3-4-8-16(14)15)25-13(2)21(27)26-18-11-10-17(22)19(23)20(18)24/h3-13,25H,1-2H3,(H,26,27)/p+1/t12-,13+/m0/s1. The number of hydrogen-bond donors (Lipinski definition) is 2. The molecule has 0 aliphatic rings. The highest BCUT2D eigenvalue weighted by molar-refractivity contribution is 5.93. The highest BCUT2D eigenvalue weighted by atomic mass is 19.2. The maximum atomic E-state index is 13.7. The van der Waals surface area contributed by atoms with E-state index in [1.54, 1.807) is 6.92 Å². The van der Waals surface area contributed by atoms with Crippen LogP contribution in [0.5, 0.6) is 0 Å². The molecule has 0 spiro atoms. The normalized spacial score (nSPS) is 13.4. The van der Waals surface area contributed by atoms with Crippen LogP contribution in [0.3, 0.4) is 0 Å². The van der Waals surface area contributed by atoms with Crippen LogP contribution in [0.2, 0.25) is 0 Å². The van der Waals surface area contributed by atoms with E-state index in [1.165, 1.54) is 0 Å². The van der Waals surface area contributed by atoms with Crippen LogP contribution in [0.15, 0.2) is 54.6 Å². The Morgan fingerprint density at radius 3 is 2.41 bits per heavy atom. The van der Waals surface area contributed by atoms with Crippen molar-refractivity contribution in [2.24, 2.45) is 0 Å². The zero-order valence-corrected chi connectivity index (χ0v) is 15.0. The Kier molecular flexibility index (Phi) is 5.46. The van der Waals surface area contributed by atoms with Crippen LogP contribution in [0, 0.1) is 17.5 Å². The van der Waals surface area contributed by atoms with E-state index in [9.17, 15) is 18.0 Å². The lowest BCUT2D eigenvalue weighted by atomic mass is 9.99. The molecule has 0 fully saturated rings. The van der Waals surface area contributed by atoms with Crippen LogP contribution in [0.25, 0.3) is 10.8 Å². The maximum Gasteiger partial charge on any atom is 0.282 e. The summed E-state index contributed by atoms with van der Waals surface area (Å²) in [5, 5.41) is 6.37. The van der Waals surface area contributed by atoms with Crippen molar-refractivity contribution >= 4 is 22.4 Å². The van der Waals surface area contributed by atoms with E-state index < -0.39 is 29.4 Å². The van der Waals surface area contributed by atoms with Crippen molar-refractivity contribution in [2.75, 3.05) is 5.32 Å². The minimum absolute atomic E-state index is 0.0355. The molecular formula is C21H20F3N2O+. The summed E-state index contributed by atoms with van der Waals surface area (Å²) in [6.45, 7) is 3.65. The van der Waals surface area contributed by atoms with Gasteiger partial charge >= 0.3 is 0 Å². The topological polar surface area (TPSA) is 45.7 Å². The van der Waals surface area contributed by atoms with Crippen LogP contribution >= 0.6 is 0 Å². The Hall–Kier alpha value is -2.86. The number of nitrogens with two attached hydrogens (primary N) is 1. The lowest BCUT2D eigenvalue weighted by Crippen LogP contribution is -2.91. The van der Waals surface area contributed by atoms with Gasteiger partial charge in [0.15, 0.2) is 23.5 Å². The van der Waals surface area contributed by atoms with Gasteiger partial charge in [0.25, 0.3) is 5.91 Å². The molecule has 0 radical (unpaired) electrons. The summed E-state index contributed by atoms with van der Waals surface area (Å²) in [6.07, 6.45) is 0. The zero-order chi connectivity index (χ0) is 19.6. The van der Waals surface area contributed by atoms with Crippen LogP contribution < -0.4 is 10.6 Å². The van der Waals surface area contributed by atoms with Gasteiger partial charge in [0.1, 0.15) is 6.04 Å². The van der Waals surface area contributed by atoms with E-state index in [-0.39, 0.29) is 11.7 Å². The zero-order valence-electron chi connectivity index (χ0n) is 15.0. The van der Waals surface area contributed by atoms with Gasteiger partial charge in [0.05, 0.1) is 5.69 Å². The van der Waals surface area contributed by atoms with Gasteiger partial charge in [-0.25, -0.2) is 13.2 Å². The molecule has 0 heterocycles. The minimum Gasteiger partial charge on any atom is -0.330 e. The van der Waals surface area contributed by atoms with Crippen LogP contribution in [0.1, 0.15) is 25.5 Å². The molecule has 0 aliphatic heterocycles. The van der Waals surface area contributed by atoms with Crippen LogP contribution in [-0.2, 0) is 4.79 Å². The number of fused-ring (bicyclic) bond motifs is 1. The Balaban J connectivity index is 1.73. The molecule has 3 N–H and O–H groups in total. The van der Waals surface area contributed by atoms with Gasteiger partial charge < -0.3 is 10.6 Å². The first-order valence-electron chi connectivity index (χ1n) is 8.65. The number of hydrogen-bond acceptors (Lipinski definition) is 1. The Morgan fingerprint density at radius 1 is 0.926 bits per heavy atom. The molecule has 3 rings (SSSR count). The lowest BCUT2D eigenvalue weighted by Gasteiger charge is -2.18. The van der Waals surface area contributed by atoms with Crippen molar-refractivity contribution in [1.82, 2.24) is 0 Å². The smallest absolute Gasteiger partial charge is 0.282 e. The SMILES string of the molecule is C[C@H]([NH2+][C@H](C)C(=O)Nc1ccc(F)c(F)c1F)c1cccc2ccccc12. The van der Waals surface area contributed by atoms with Crippen molar-refractivity contribution in [2.45, 2.75) is 25.9 Å². The lowest BCUT2D eigenvalue weighted by molar-refractivity contribution is -0.709. The van der Waals surface area contributed by atoms with Crippen LogP contribution in [-0.4, -0.2) is 11.9 Å². The fourth-order valence-electron chi connectivity index (χ4n) is 3.14. The molecule has 0 bridgehead atoms. The largest absolute Gasteiger partial charge is 0.330 e. The van der Waals surface area contributed by atoms with E-state index in [4.69, 9.17) is 0 Å². The monoisotopic (exact) mass is 373 g/mol. The predicted octanol–water partition coefficient (Wildman–Crippen LogP) is 3.91. The van der Waals surface area contributed by atoms with E-state index >= 15 is 0 Å². The highest BCUT2D eigenvalue weighted by Crippen LogP contribution is 2.22. The average Bonchev–Trinajstić information content (AvgIpc) is 2.67. The second-order valence-electron chi connectivity index (χ2n) is 6.55. The molecule has 0 aromatic heterocycles. The molecule has 0 unspecified atom stereocenters. The first-order valence-corrected chi connectivity index (χ1v) is 8.65. The molecule has 140 valence electrons. The summed E-state index contributed by atoms with van der Waals surface area (Å²) >= 11 is 0. The molecule has 1 amide bonds. The quantitative estimate of drug-likeness (QED) is 0.655. The Bertz CT molecular complexity index is 985. The molecule has 3 aromatic carbocycles. The first-order chi connectivity index (χ1) is 12.9. The van der Waals surface area contributed by atoms with Crippen molar-refractivity contribution in [3.05, 3.63) is 77.6 Å². The number of carbonyl (C=O) groups is 1. The minimum atomic E-state index is -1.60. The number of halogens is 3. The van der Waals surface area contributed by atoms with Gasteiger partial charge in [0.2, 0.25) is 0 Å². The number of carbonyl (C=O) groups excluding carboxylic acids is 1. The summed E-state index contributed by atoms with van der Waals surface area (Å²) in [7, 11) is 0. The Labute approximate surface area is 155 Å². The number of benzene rings is 3. The highest BCUT2D eigenvalue weighted by Gasteiger charge is 2.23. The van der Waals surface area contributed by atoms with Crippen molar-refractivity contribution in [3.8, 4) is 0 Å². The van der Waals surface area contributed by atoms with E-state index in [2.05, 4.69) is 5.32 Å². The molecule has 0 saturated carbocycles. The molecule has 2 atom stereocenters. The van der Waals surface area contributed by atoms with E-state index in [0.29, 0.717) is 0 Å². The van der Waals surface area contributed by atoms with Crippen molar-refractivity contribution < 1.29 is 23.3 Å². The number of nitrogens with one attached hydrogen (secondary N) is 1. The molecule has 3 aromatic rings. The summed E-state index contributed by atoms with van der Waals surface area (Å²) in [5.41, 5.74) is 0.698. The van der Waals surface area contributed by atoms with E-state index in [0.717, 1.165) is 28.5 Å². The van der Waals surface area contributed by atoms with Crippen molar-refractivity contribution in [1.29, 1.82) is 0 Å². The summed E-state index contributed by atoms with van der Waals surface area (Å²) in [6, 6.07) is 15.1. The summed E-state index contributed by atoms with van der Waals surface area (Å²) < 4.78 is 40.1. The van der Waals surface area contributed by atoms with Gasteiger partial charge in [-0.1, -0.05) is 42.5 Å². The van der Waals surface area contributed by atoms with Gasteiger partial charge in [-0.2, -0.15) is 0 Å². The summed E-state index contributed by atoms with van der Waals surface area (Å²) in [5.74, 6) is -4.80. The number of quaternary nitrogens is 1. The second kappa shape index (κ2) is 7.80. The van der Waals surface area contributed by atoms with Gasteiger partial charge in [0, 0.05) is 5.56 Å². The van der Waals surface area contributed by atoms with Gasteiger partial charge in [-0.05, 0) is 36.8 Å². The molecular weight excluding hydrogens is 353 g/mol. The molecule has 3 nitrogen and oxygen atoms in total. The Morgan fingerprint density at radius 2 is 1.63 bits per heavy atom. The fourth-order valence-corrected chi connectivity index (χ4v) is 3.14. The number of rotatable bonds is 5. The fraction of sp³-hybridized carbons (Fsp3) is 0.190. The number of anilines is 1. The molecule has 27 heavy (non-hydrogen) atoms. The number of amides is 1. The van der Waals surface area contributed by atoms with Gasteiger partial charge in [-0.3, -0.25) is 4.79 Å². The third-order valence-electron chi connectivity index (χ3n) is 4.60. The van der Waals surface area contributed by atoms with Crippen molar-refractivity contribution in [3.63, 3.8) is 0 Å². The molecule has 0 saturated heterocycles.